The Morgan fingerprint density at radius 3 is 2.57 bits per heavy atom. The highest BCUT2D eigenvalue weighted by atomic mass is 35.5. The van der Waals surface area contributed by atoms with E-state index < -0.39 is 10.0 Å². The molecule has 0 aliphatic carbocycles. The van der Waals surface area contributed by atoms with Gasteiger partial charge in [-0.15, -0.1) is 15.9 Å². The molecular formula is C13H8Cl2N5O2S-. The van der Waals surface area contributed by atoms with Gasteiger partial charge < -0.3 is 4.72 Å². The maximum Gasteiger partial charge on any atom is 0.204 e. The van der Waals surface area contributed by atoms with Crippen LogP contribution in [0.1, 0.15) is 0 Å². The van der Waals surface area contributed by atoms with E-state index in [0.717, 1.165) is 0 Å². The first-order valence-electron chi connectivity index (χ1n) is 6.23. The van der Waals surface area contributed by atoms with E-state index in [1.165, 1.54) is 18.2 Å². The molecule has 23 heavy (non-hydrogen) atoms. The van der Waals surface area contributed by atoms with Crippen molar-refractivity contribution in [1.29, 1.82) is 0 Å². The molecule has 0 atom stereocenters. The number of H-pyrrole nitrogens is 1. The number of hydrogen-bond acceptors (Lipinski definition) is 5. The molecule has 0 unspecified atom stereocenters. The van der Waals surface area contributed by atoms with Gasteiger partial charge in [0.1, 0.15) is 10.0 Å². The van der Waals surface area contributed by atoms with Crippen LogP contribution in [0.4, 0.5) is 5.69 Å². The lowest BCUT2D eigenvalue weighted by molar-refractivity contribution is 0.603. The average Bonchev–Trinajstić information content (AvgIpc) is 3.04. The molecule has 3 rings (SSSR count). The molecule has 3 aromatic rings. The Morgan fingerprint density at radius 1 is 1.04 bits per heavy atom. The van der Waals surface area contributed by atoms with E-state index in [-0.39, 0.29) is 20.6 Å². The van der Waals surface area contributed by atoms with Gasteiger partial charge in [0.15, 0.2) is 0 Å². The summed E-state index contributed by atoms with van der Waals surface area (Å²) in [6.45, 7) is 0. The normalized spacial score (nSPS) is 11.4. The largest absolute Gasteiger partial charge is 0.573 e. The Bertz CT molecular complexity index is 945. The van der Waals surface area contributed by atoms with Gasteiger partial charge in [-0.05, 0) is 23.4 Å². The van der Waals surface area contributed by atoms with E-state index in [1.54, 1.807) is 24.3 Å². The van der Waals surface area contributed by atoms with Gasteiger partial charge in [-0.2, -0.15) is 5.21 Å². The number of tetrazole rings is 1. The van der Waals surface area contributed by atoms with Crippen molar-refractivity contribution in [3.05, 3.63) is 57.2 Å². The summed E-state index contributed by atoms with van der Waals surface area (Å²) < 4.78 is 28.5. The molecule has 7 nitrogen and oxygen atoms in total. The summed E-state index contributed by atoms with van der Waals surface area (Å²) in [6, 6.07) is 10.5. The molecule has 0 amide bonds. The summed E-state index contributed by atoms with van der Waals surface area (Å²) in [5.74, 6) is 0.342. The zero-order chi connectivity index (χ0) is 16.4. The molecule has 0 spiro atoms. The fourth-order valence-electron chi connectivity index (χ4n) is 1.81. The standard InChI is InChI=1S/C13H8Cl2N5O2S/c14-11-5-4-10(7-12(11)15)23(21,22)18-9-3-1-2-8(6-9)13-16-19-20-17-13/h1-7H,(H,16,17,19,20)/q-1. The first kappa shape index (κ1) is 15.7. The predicted octanol–water partition coefficient (Wildman–Crippen LogP) is 3.57. The predicted molar refractivity (Wildman–Crippen MR) is 86.3 cm³/mol. The Hall–Kier alpha value is -2.16. The van der Waals surface area contributed by atoms with Gasteiger partial charge >= 0.3 is 0 Å². The Morgan fingerprint density at radius 2 is 1.87 bits per heavy atom. The van der Waals surface area contributed by atoms with Gasteiger partial charge in [0.05, 0.1) is 14.9 Å². The van der Waals surface area contributed by atoms with Crippen LogP contribution in [-0.2, 0) is 10.0 Å². The maximum absolute atomic E-state index is 12.3. The molecule has 0 radical (unpaired) electrons. The van der Waals surface area contributed by atoms with Crippen LogP contribution in [0.2, 0.25) is 10.0 Å². The lowest BCUT2D eigenvalue weighted by atomic mass is 10.2. The van der Waals surface area contributed by atoms with Crippen LogP contribution < -0.4 is 0 Å². The zero-order valence-corrected chi connectivity index (χ0v) is 13.6. The Kier molecular flexibility index (Phi) is 4.20. The number of sulfonamides is 1. The van der Waals surface area contributed by atoms with Crippen molar-refractivity contribution in [1.82, 2.24) is 20.6 Å². The third kappa shape index (κ3) is 3.44. The van der Waals surface area contributed by atoms with Crippen molar-refractivity contribution >= 4 is 38.9 Å². The van der Waals surface area contributed by atoms with Crippen molar-refractivity contribution < 1.29 is 8.42 Å². The number of aromatic nitrogens is 4. The van der Waals surface area contributed by atoms with Gasteiger partial charge in [0.2, 0.25) is 5.82 Å². The van der Waals surface area contributed by atoms with Gasteiger partial charge in [0, 0.05) is 5.56 Å². The zero-order valence-electron chi connectivity index (χ0n) is 11.3. The highest BCUT2D eigenvalue weighted by Gasteiger charge is 2.08. The van der Waals surface area contributed by atoms with Gasteiger partial charge in [-0.25, -0.2) is 8.42 Å². The highest BCUT2D eigenvalue weighted by molar-refractivity contribution is 7.94. The summed E-state index contributed by atoms with van der Waals surface area (Å²) in [5, 5.41) is 13.9. The van der Waals surface area contributed by atoms with Crippen molar-refractivity contribution in [2.45, 2.75) is 4.90 Å². The van der Waals surface area contributed by atoms with Gasteiger partial charge in [-0.1, -0.05) is 47.5 Å². The van der Waals surface area contributed by atoms with E-state index in [9.17, 15) is 8.42 Å². The smallest absolute Gasteiger partial charge is 0.204 e. The quantitative estimate of drug-likeness (QED) is 0.757. The number of halogens is 2. The van der Waals surface area contributed by atoms with Crippen LogP contribution in [0.25, 0.3) is 16.1 Å². The molecule has 0 saturated carbocycles. The van der Waals surface area contributed by atoms with E-state index in [1.807, 2.05) is 0 Å². The van der Waals surface area contributed by atoms with Crippen molar-refractivity contribution in [3.63, 3.8) is 0 Å². The summed E-state index contributed by atoms with van der Waals surface area (Å²) in [5.41, 5.74) is 0.822. The van der Waals surface area contributed by atoms with Gasteiger partial charge in [0.25, 0.3) is 0 Å². The number of benzene rings is 2. The van der Waals surface area contributed by atoms with Crippen molar-refractivity contribution in [2.24, 2.45) is 0 Å². The second kappa shape index (κ2) is 6.15. The Labute approximate surface area is 141 Å². The fourth-order valence-corrected chi connectivity index (χ4v) is 3.18. The first-order valence-corrected chi connectivity index (χ1v) is 8.42. The van der Waals surface area contributed by atoms with Crippen molar-refractivity contribution in [2.75, 3.05) is 0 Å². The first-order chi connectivity index (χ1) is 11.0. The van der Waals surface area contributed by atoms with Gasteiger partial charge in [-0.3, -0.25) is 0 Å². The van der Waals surface area contributed by atoms with Crippen LogP contribution in [0, 0.1) is 0 Å². The monoisotopic (exact) mass is 368 g/mol. The minimum atomic E-state index is -3.92. The average molecular weight is 369 g/mol. The summed E-state index contributed by atoms with van der Waals surface area (Å²) >= 11 is 11.6. The second-order valence-corrected chi connectivity index (χ2v) is 6.85. The lowest BCUT2D eigenvalue weighted by Gasteiger charge is -2.22. The van der Waals surface area contributed by atoms with E-state index in [4.69, 9.17) is 23.2 Å². The molecule has 2 aromatic carbocycles. The number of nitrogens with zero attached hydrogens (tertiary/aromatic N) is 4. The number of aromatic amines is 1. The number of hydrogen-bond donors (Lipinski definition) is 1. The molecule has 0 bridgehead atoms. The van der Waals surface area contributed by atoms with Crippen LogP contribution >= 0.6 is 23.2 Å². The molecule has 10 heteroatoms. The number of nitrogens with one attached hydrogen (secondary N) is 1. The number of rotatable bonds is 4. The summed E-state index contributed by atoms with van der Waals surface area (Å²) in [7, 11) is -3.92. The van der Waals surface area contributed by atoms with E-state index >= 15 is 0 Å². The van der Waals surface area contributed by atoms with Crippen molar-refractivity contribution in [3.8, 4) is 11.4 Å². The third-order valence-electron chi connectivity index (χ3n) is 2.86. The summed E-state index contributed by atoms with van der Waals surface area (Å²) in [6.07, 6.45) is 0. The SMILES string of the molecule is O=S(=O)([N-]c1cccc(-c2nn[nH]n2)c1)c1ccc(Cl)c(Cl)c1. The molecule has 0 fully saturated rings. The lowest BCUT2D eigenvalue weighted by Crippen LogP contribution is -1.97. The topological polar surface area (TPSA) is 103 Å². The van der Waals surface area contributed by atoms with Crippen LogP contribution in [0.15, 0.2) is 47.4 Å². The fraction of sp³-hybridized carbons (Fsp3) is 0. The summed E-state index contributed by atoms with van der Waals surface area (Å²) in [4.78, 5) is -0.0446. The van der Waals surface area contributed by atoms with E-state index in [0.29, 0.717) is 11.4 Å². The molecular weight excluding hydrogens is 361 g/mol. The molecule has 0 aliphatic rings. The van der Waals surface area contributed by atoms with Crippen LogP contribution in [0.5, 0.6) is 0 Å². The minimum absolute atomic E-state index is 0.0446. The highest BCUT2D eigenvalue weighted by Crippen LogP contribution is 2.32. The molecule has 1 heterocycles. The maximum atomic E-state index is 12.3. The molecule has 0 saturated heterocycles. The third-order valence-corrected chi connectivity index (χ3v) is 4.90. The second-order valence-electron chi connectivity index (χ2n) is 4.43. The van der Waals surface area contributed by atoms with E-state index in [2.05, 4.69) is 25.3 Å². The minimum Gasteiger partial charge on any atom is -0.573 e. The van der Waals surface area contributed by atoms with Crippen LogP contribution in [-0.4, -0.2) is 29.0 Å². The molecule has 1 N–H and O–H groups in total. The van der Waals surface area contributed by atoms with Crippen LogP contribution in [0.3, 0.4) is 0 Å². The molecule has 0 aliphatic heterocycles. The molecule has 118 valence electrons. The Balaban J connectivity index is 1.91. The molecule has 1 aromatic heterocycles.